The Bertz CT molecular complexity index is 229. The van der Waals surface area contributed by atoms with Crippen LogP contribution in [-0.4, -0.2) is 60.5 Å². The van der Waals surface area contributed by atoms with Gasteiger partial charge in [-0.3, -0.25) is 9.69 Å². The molecule has 1 atom stereocenters. The van der Waals surface area contributed by atoms with Gasteiger partial charge in [0.15, 0.2) is 0 Å². The minimum atomic E-state index is 0.290. The molecule has 2 aliphatic rings. The summed E-state index contributed by atoms with van der Waals surface area (Å²) in [5, 5.41) is 3.38. The van der Waals surface area contributed by atoms with E-state index in [1.165, 1.54) is 0 Å². The molecule has 14 heavy (non-hydrogen) atoms. The number of piperazine rings is 2. The number of nitrogens with zero attached hydrogens (tertiary/aromatic N) is 2. The maximum atomic E-state index is 11.8. The zero-order valence-corrected chi connectivity index (χ0v) is 8.99. The number of carbonyl (C=O) groups is 1. The molecule has 4 heteroatoms. The summed E-state index contributed by atoms with van der Waals surface area (Å²) in [6.45, 7) is 8.74. The van der Waals surface area contributed by atoms with E-state index in [1.807, 2.05) is 4.90 Å². The van der Waals surface area contributed by atoms with Crippen LogP contribution in [-0.2, 0) is 4.79 Å². The molecular formula is C10H19N3O. The highest BCUT2D eigenvalue weighted by Crippen LogP contribution is 2.14. The first-order valence-corrected chi connectivity index (χ1v) is 5.42. The second-order valence-electron chi connectivity index (χ2n) is 4.47. The molecule has 0 aromatic heterocycles. The molecule has 0 saturated carbocycles. The fraction of sp³-hybridized carbons (Fsp3) is 0.900. The van der Waals surface area contributed by atoms with Crippen molar-refractivity contribution in [3.63, 3.8) is 0 Å². The third-order valence-electron chi connectivity index (χ3n) is 3.16. The van der Waals surface area contributed by atoms with Crippen LogP contribution in [0.15, 0.2) is 0 Å². The van der Waals surface area contributed by atoms with Crippen molar-refractivity contribution in [1.82, 2.24) is 15.1 Å². The number of rotatable bonds is 1. The molecule has 0 aliphatic carbocycles. The molecule has 1 amide bonds. The Morgan fingerprint density at radius 3 is 3.00 bits per heavy atom. The van der Waals surface area contributed by atoms with Crippen molar-refractivity contribution in [1.29, 1.82) is 0 Å². The van der Waals surface area contributed by atoms with Gasteiger partial charge in [0.25, 0.3) is 0 Å². The monoisotopic (exact) mass is 197 g/mol. The van der Waals surface area contributed by atoms with Gasteiger partial charge in [0.2, 0.25) is 5.91 Å². The van der Waals surface area contributed by atoms with Gasteiger partial charge in [-0.05, 0) is 13.8 Å². The lowest BCUT2D eigenvalue weighted by atomic mass is 10.1. The molecule has 0 aromatic carbocycles. The summed E-state index contributed by atoms with van der Waals surface area (Å²) in [7, 11) is 0. The Kier molecular flexibility index (Phi) is 2.74. The second-order valence-corrected chi connectivity index (χ2v) is 4.47. The Hall–Kier alpha value is -0.610. The lowest BCUT2D eigenvalue weighted by Gasteiger charge is -2.45. The Morgan fingerprint density at radius 1 is 1.50 bits per heavy atom. The van der Waals surface area contributed by atoms with Crippen LogP contribution < -0.4 is 5.32 Å². The third kappa shape index (κ3) is 1.77. The van der Waals surface area contributed by atoms with E-state index in [4.69, 9.17) is 0 Å². The molecule has 2 saturated heterocycles. The molecule has 2 fully saturated rings. The summed E-state index contributed by atoms with van der Waals surface area (Å²) < 4.78 is 0. The first-order valence-electron chi connectivity index (χ1n) is 5.42. The van der Waals surface area contributed by atoms with E-state index in [1.54, 1.807) is 0 Å². The molecule has 4 nitrogen and oxygen atoms in total. The van der Waals surface area contributed by atoms with Crippen LogP contribution in [0.2, 0.25) is 0 Å². The molecule has 2 aliphatic heterocycles. The number of amides is 1. The number of carbonyl (C=O) groups excluding carboxylic acids is 1. The van der Waals surface area contributed by atoms with E-state index in [0.717, 1.165) is 26.2 Å². The maximum absolute atomic E-state index is 11.8. The quantitative estimate of drug-likeness (QED) is 0.616. The van der Waals surface area contributed by atoms with E-state index >= 15 is 0 Å². The molecule has 2 rings (SSSR count). The fourth-order valence-corrected chi connectivity index (χ4v) is 2.28. The van der Waals surface area contributed by atoms with Gasteiger partial charge in [-0.15, -0.1) is 0 Å². The van der Waals surface area contributed by atoms with Crippen LogP contribution in [0.4, 0.5) is 0 Å². The van der Waals surface area contributed by atoms with Crippen LogP contribution in [0, 0.1) is 0 Å². The van der Waals surface area contributed by atoms with Gasteiger partial charge in [-0.2, -0.15) is 0 Å². The van der Waals surface area contributed by atoms with Gasteiger partial charge in [0.1, 0.15) is 0 Å². The number of fused-ring (bicyclic) bond motifs is 1. The average Bonchev–Trinajstić information content (AvgIpc) is 2.16. The zero-order chi connectivity index (χ0) is 10.1. The molecule has 0 spiro atoms. The van der Waals surface area contributed by atoms with Crippen LogP contribution in [0.1, 0.15) is 13.8 Å². The van der Waals surface area contributed by atoms with Gasteiger partial charge in [0, 0.05) is 38.3 Å². The van der Waals surface area contributed by atoms with Crippen LogP contribution in [0.5, 0.6) is 0 Å². The molecule has 1 unspecified atom stereocenters. The largest absolute Gasteiger partial charge is 0.338 e. The van der Waals surface area contributed by atoms with Crippen molar-refractivity contribution in [3.05, 3.63) is 0 Å². The topological polar surface area (TPSA) is 35.6 Å². The van der Waals surface area contributed by atoms with E-state index in [9.17, 15) is 4.79 Å². The van der Waals surface area contributed by atoms with Gasteiger partial charge in [-0.1, -0.05) is 0 Å². The van der Waals surface area contributed by atoms with Crippen molar-refractivity contribution in [3.8, 4) is 0 Å². The molecule has 0 aromatic rings. The van der Waals surface area contributed by atoms with E-state index in [0.29, 0.717) is 18.6 Å². The summed E-state index contributed by atoms with van der Waals surface area (Å²) in [6, 6.07) is 0.871. The van der Waals surface area contributed by atoms with Gasteiger partial charge in [-0.25, -0.2) is 0 Å². The summed E-state index contributed by atoms with van der Waals surface area (Å²) in [5.41, 5.74) is 0. The molecular weight excluding hydrogens is 178 g/mol. The summed E-state index contributed by atoms with van der Waals surface area (Å²) in [4.78, 5) is 16.1. The standard InChI is InChI=1S/C10H19N3O/c1-8(2)13-6-9-5-11-3-4-12(9)7-10(13)14/h8-9,11H,3-7H2,1-2H3. The molecule has 0 bridgehead atoms. The highest BCUT2D eigenvalue weighted by atomic mass is 16.2. The van der Waals surface area contributed by atoms with Crippen LogP contribution in [0.3, 0.4) is 0 Å². The number of nitrogens with one attached hydrogen (secondary N) is 1. The Labute approximate surface area is 85.2 Å². The number of hydrogen-bond donors (Lipinski definition) is 1. The third-order valence-corrected chi connectivity index (χ3v) is 3.16. The highest BCUT2D eigenvalue weighted by Gasteiger charge is 2.34. The lowest BCUT2D eigenvalue weighted by molar-refractivity contribution is -0.141. The molecule has 2 heterocycles. The zero-order valence-electron chi connectivity index (χ0n) is 8.99. The van der Waals surface area contributed by atoms with Crippen molar-refractivity contribution in [2.45, 2.75) is 25.9 Å². The molecule has 0 radical (unpaired) electrons. The fourth-order valence-electron chi connectivity index (χ4n) is 2.28. The molecule has 1 N–H and O–H groups in total. The Balaban J connectivity index is 2.03. The smallest absolute Gasteiger partial charge is 0.237 e. The van der Waals surface area contributed by atoms with Gasteiger partial charge in [0.05, 0.1) is 6.54 Å². The first kappa shape index (κ1) is 9.93. The highest BCUT2D eigenvalue weighted by molar-refractivity contribution is 5.79. The van der Waals surface area contributed by atoms with Gasteiger partial charge >= 0.3 is 0 Å². The Morgan fingerprint density at radius 2 is 2.29 bits per heavy atom. The first-order chi connectivity index (χ1) is 6.68. The number of hydrogen-bond acceptors (Lipinski definition) is 3. The minimum absolute atomic E-state index is 0.290. The molecule has 80 valence electrons. The van der Waals surface area contributed by atoms with E-state index in [2.05, 4.69) is 24.1 Å². The van der Waals surface area contributed by atoms with Crippen LogP contribution >= 0.6 is 0 Å². The van der Waals surface area contributed by atoms with E-state index in [-0.39, 0.29) is 5.91 Å². The summed E-state index contributed by atoms with van der Waals surface area (Å²) in [5.74, 6) is 0.290. The minimum Gasteiger partial charge on any atom is -0.338 e. The SMILES string of the molecule is CC(C)N1CC2CNCCN2CC1=O. The second kappa shape index (κ2) is 3.87. The summed E-state index contributed by atoms with van der Waals surface area (Å²) in [6.07, 6.45) is 0. The average molecular weight is 197 g/mol. The van der Waals surface area contributed by atoms with Crippen molar-refractivity contribution >= 4 is 5.91 Å². The van der Waals surface area contributed by atoms with Crippen molar-refractivity contribution in [2.75, 3.05) is 32.7 Å². The predicted octanol–water partition coefficient (Wildman–Crippen LogP) is -0.489. The van der Waals surface area contributed by atoms with Crippen molar-refractivity contribution < 1.29 is 4.79 Å². The predicted molar refractivity (Wildman–Crippen MR) is 55.1 cm³/mol. The normalized spacial score (nSPS) is 29.5. The van der Waals surface area contributed by atoms with E-state index < -0.39 is 0 Å². The van der Waals surface area contributed by atoms with Crippen LogP contribution in [0.25, 0.3) is 0 Å². The lowest BCUT2D eigenvalue weighted by Crippen LogP contribution is -2.64. The maximum Gasteiger partial charge on any atom is 0.237 e. The van der Waals surface area contributed by atoms with Crippen molar-refractivity contribution in [2.24, 2.45) is 0 Å². The van der Waals surface area contributed by atoms with Gasteiger partial charge < -0.3 is 10.2 Å². The summed E-state index contributed by atoms with van der Waals surface area (Å²) >= 11 is 0.